The molecule has 1 nitrogen and oxygen atoms in total. The van der Waals surface area contributed by atoms with E-state index < -0.39 is 12.1 Å². The quantitative estimate of drug-likeness (QED) is 0.621. The SMILES string of the molecule is CCC(CC)(CO)CF. The number of aliphatic hydroxyl groups excluding tert-OH is 1. The predicted octanol–water partition coefficient (Wildman–Crippen LogP) is 1.75. The van der Waals surface area contributed by atoms with Crippen molar-refractivity contribution in [1.29, 1.82) is 0 Å². The van der Waals surface area contributed by atoms with Gasteiger partial charge in [0, 0.05) is 5.41 Å². The molecule has 0 unspecified atom stereocenters. The summed E-state index contributed by atoms with van der Waals surface area (Å²) in [5, 5.41) is 8.74. The van der Waals surface area contributed by atoms with E-state index in [2.05, 4.69) is 0 Å². The fourth-order valence-corrected chi connectivity index (χ4v) is 0.705. The first-order valence-corrected chi connectivity index (χ1v) is 3.41. The van der Waals surface area contributed by atoms with Crippen LogP contribution in [-0.2, 0) is 0 Å². The molecule has 0 aromatic heterocycles. The van der Waals surface area contributed by atoms with E-state index in [1.807, 2.05) is 13.8 Å². The van der Waals surface area contributed by atoms with E-state index in [-0.39, 0.29) is 6.61 Å². The lowest BCUT2D eigenvalue weighted by Gasteiger charge is -2.24. The molecule has 0 aromatic rings. The summed E-state index contributed by atoms with van der Waals surface area (Å²) >= 11 is 0. The van der Waals surface area contributed by atoms with E-state index in [0.717, 1.165) is 12.8 Å². The molecule has 0 heterocycles. The zero-order chi connectivity index (χ0) is 7.33. The molecule has 56 valence electrons. The third kappa shape index (κ3) is 1.94. The second kappa shape index (κ2) is 3.83. The van der Waals surface area contributed by atoms with Gasteiger partial charge in [0.1, 0.15) is 0 Å². The lowest BCUT2D eigenvalue weighted by Crippen LogP contribution is -2.25. The van der Waals surface area contributed by atoms with Crippen molar-refractivity contribution in [3.05, 3.63) is 0 Å². The predicted molar refractivity (Wildman–Crippen MR) is 36.1 cm³/mol. The third-order valence-corrected chi connectivity index (χ3v) is 2.12. The first kappa shape index (κ1) is 8.89. The van der Waals surface area contributed by atoms with Gasteiger partial charge in [-0.3, -0.25) is 4.39 Å². The Hall–Kier alpha value is -0.110. The summed E-state index contributed by atoms with van der Waals surface area (Å²) in [6.07, 6.45) is 1.44. The van der Waals surface area contributed by atoms with Gasteiger partial charge in [-0.1, -0.05) is 13.8 Å². The normalized spacial score (nSPS) is 12.0. The average Bonchev–Trinajstić information content (AvgIpc) is 1.95. The smallest absolute Gasteiger partial charge is 0.0972 e. The monoisotopic (exact) mass is 134 g/mol. The minimum Gasteiger partial charge on any atom is -0.396 e. The lowest BCUT2D eigenvalue weighted by atomic mass is 9.85. The Labute approximate surface area is 55.9 Å². The van der Waals surface area contributed by atoms with Gasteiger partial charge < -0.3 is 5.11 Å². The fourth-order valence-electron chi connectivity index (χ4n) is 0.705. The van der Waals surface area contributed by atoms with E-state index in [9.17, 15) is 4.39 Å². The van der Waals surface area contributed by atoms with Crippen LogP contribution in [0.4, 0.5) is 4.39 Å². The van der Waals surface area contributed by atoms with Gasteiger partial charge in [-0.2, -0.15) is 0 Å². The van der Waals surface area contributed by atoms with Crippen LogP contribution in [0.15, 0.2) is 0 Å². The van der Waals surface area contributed by atoms with Gasteiger partial charge in [0.05, 0.1) is 13.3 Å². The molecule has 1 N–H and O–H groups in total. The van der Waals surface area contributed by atoms with Crippen LogP contribution in [0.1, 0.15) is 26.7 Å². The Kier molecular flexibility index (Phi) is 3.78. The Bertz CT molecular complexity index is 51.8. The molecule has 2 heteroatoms. The largest absolute Gasteiger partial charge is 0.396 e. The van der Waals surface area contributed by atoms with Gasteiger partial charge in [0.2, 0.25) is 0 Å². The molecule has 0 bridgehead atoms. The van der Waals surface area contributed by atoms with E-state index in [0.29, 0.717) is 0 Å². The topological polar surface area (TPSA) is 20.2 Å². The van der Waals surface area contributed by atoms with E-state index in [1.165, 1.54) is 0 Å². The molecule has 0 spiro atoms. The van der Waals surface area contributed by atoms with Crippen molar-refractivity contribution in [1.82, 2.24) is 0 Å². The van der Waals surface area contributed by atoms with Crippen LogP contribution >= 0.6 is 0 Å². The van der Waals surface area contributed by atoms with Gasteiger partial charge >= 0.3 is 0 Å². The van der Waals surface area contributed by atoms with Crippen molar-refractivity contribution in [3.8, 4) is 0 Å². The first-order chi connectivity index (χ1) is 4.24. The number of rotatable bonds is 4. The van der Waals surface area contributed by atoms with Gasteiger partial charge in [-0.05, 0) is 12.8 Å². The van der Waals surface area contributed by atoms with Crippen molar-refractivity contribution >= 4 is 0 Å². The van der Waals surface area contributed by atoms with Gasteiger partial charge in [-0.25, -0.2) is 0 Å². The summed E-state index contributed by atoms with van der Waals surface area (Å²) in [6, 6.07) is 0. The summed E-state index contributed by atoms with van der Waals surface area (Å²) in [6.45, 7) is 3.37. The number of hydrogen-bond acceptors (Lipinski definition) is 1. The molecule has 0 saturated heterocycles. The van der Waals surface area contributed by atoms with Crippen LogP contribution in [-0.4, -0.2) is 18.4 Å². The minimum absolute atomic E-state index is 0.0312. The Morgan fingerprint density at radius 3 is 1.78 bits per heavy atom. The zero-order valence-corrected chi connectivity index (χ0v) is 6.15. The van der Waals surface area contributed by atoms with Crippen LogP contribution in [0, 0.1) is 5.41 Å². The van der Waals surface area contributed by atoms with Crippen molar-refractivity contribution in [2.45, 2.75) is 26.7 Å². The highest BCUT2D eigenvalue weighted by molar-refractivity contribution is 4.73. The zero-order valence-electron chi connectivity index (χ0n) is 6.15. The van der Waals surface area contributed by atoms with Gasteiger partial charge in [0.15, 0.2) is 0 Å². The molecule has 0 aromatic carbocycles. The van der Waals surface area contributed by atoms with Crippen molar-refractivity contribution in [2.24, 2.45) is 5.41 Å². The minimum atomic E-state index is -0.444. The van der Waals surface area contributed by atoms with Crippen molar-refractivity contribution in [2.75, 3.05) is 13.3 Å². The van der Waals surface area contributed by atoms with Gasteiger partial charge in [0.25, 0.3) is 0 Å². The molecular weight excluding hydrogens is 119 g/mol. The molecule has 0 radical (unpaired) electrons. The highest BCUT2D eigenvalue weighted by atomic mass is 19.1. The first-order valence-electron chi connectivity index (χ1n) is 3.41. The maximum atomic E-state index is 12.2. The third-order valence-electron chi connectivity index (χ3n) is 2.12. The van der Waals surface area contributed by atoms with Crippen LogP contribution in [0.3, 0.4) is 0 Å². The molecular formula is C7H15FO. The molecule has 0 atom stereocenters. The molecule has 0 rings (SSSR count). The fraction of sp³-hybridized carbons (Fsp3) is 1.00. The molecule has 0 amide bonds. The van der Waals surface area contributed by atoms with Crippen molar-refractivity contribution in [3.63, 3.8) is 0 Å². The van der Waals surface area contributed by atoms with Gasteiger partial charge in [-0.15, -0.1) is 0 Å². The Morgan fingerprint density at radius 1 is 1.33 bits per heavy atom. The highest BCUT2D eigenvalue weighted by Gasteiger charge is 2.24. The molecule has 0 aliphatic rings. The summed E-state index contributed by atoms with van der Waals surface area (Å²) < 4.78 is 12.2. The molecule has 0 aliphatic carbocycles. The maximum Gasteiger partial charge on any atom is 0.0972 e. The Morgan fingerprint density at radius 2 is 1.78 bits per heavy atom. The number of aliphatic hydroxyl groups is 1. The van der Waals surface area contributed by atoms with Crippen LogP contribution in [0.5, 0.6) is 0 Å². The molecule has 0 saturated carbocycles. The van der Waals surface area contributed by atoms with E-state index >= 15 is 0 Å². The maximum absolute atomic E-state index is 12.2. The number of alkyl halides is 1. The van der Waals surface area contributed by atoms with E-state index in [1.54, 1.807) is 0 Å². The lowest BCUT2D eigenvalue weighted by molar-refractivity contribution is 0.0855. The molecule has 9 heavy (non-hydrogen) atoms. The summed E-state index contributed by atoms with van der Waals surface area (Å²) in [5.41, 5.74) is -0.444. The van der Waals surface area contributed by atoms with Crippen molar-refractivity contribution < 1.29 is 9.50 Å². The van der Waals surface area contributed by atoms with Crippen LogP contribution in [0.25, 0.3) is 0 Å². The average molecular weight is 134 g/mol. The summed E-state index contributed by atoms with van der Waals surface area (Å²) in [4.78, 5) is 0. The standard InChI is InChI=1S/C7H15FO/c1-3-7(4-2,5-8)6-9/h9H,3-6H2,1-2H3. The number of hydrogen-bond donors (Lipinski definition) is 1. The van der Waals surface area contributed by atoms with Crippen LogP contribution < -0.4 is 0 Å². The summed E-state index contributed by atoms with van der Waals surface area (Å²) in [5.74, 6) is 0. The molecule has 0 aliphatic heterocycles. The Balaban J connectivity index is 3.82. The number of halogens is 1. The second-order valence-electron chi connectivity index (χ2n) is 2.50. The highest BCUT2D eigenvalue weighted by Crippen LogP contribution is 2.25. The second-order valence-corrected chi connectivity index (χ2v) is 2.50. The van der Waals surface area contributed by atoms with Crippen LogP contribution in [0.2, 0.25) is 0 Å². The summed E-state index contributed by atoms with van der Waals surface area (Å²) in [7, 11) is 0. The van der Waals surface area contributed by atoms with E-state index in [4.69, 9.17) is 5.11 Å². The molecule has 0 fully saturated rings.